The highest BCUT2D eigenvalue weighted by atomic mass is 16.5. The summed E-state index contributed by atoms with van der Waals surface area (Å²) in [5.74, 6) is 0.562. The lowest BCUT2D eigenvalue weighted by Gasteiger charge is -2.24. The number of rotatable bonds is 4. The molecule has 0 bridgehead atoms. The van der Waals surface area contributed by atoms with E-state index in [2.05, 4.69) is 25.8 Å². The molecule has 3 unspecified atom stereocenters. The van der Waals surface area contributed by atoms with Gasteiger partial charge < -0.3 is 9.84 Å². The Labute approximate surface area is 80.7 Å². The van der Waals surface area contributed by atoms with Crippen molar-refractivity contribution >= 4 is 0 Å². The van der Waals surface area contributed by atoms with Gasteiger partial charge in [-0.2, -0.15) is 0 Å². The van der Waals surface area contributed by atoms with Gasteiger partial charge in [0.05, 0.1) is 12.7 Å². The molecule has 1 aliphatic heterocycles. The fraction of sp³-hybridized carbons (Fsp3) is 1.00. The fourth-order valence-corrected chi connectivity index (χ4v) is 2.04. The molecule has 1 aliphatic rings. The van der Waals surface area contributed by atoms with Crippen LogP contribution in [-0.4, -0.2) is 42.5 Å². The SMILES string of the molecule is CCCC(C)C1OC(CO)CN1C. The maximum absolute atomic E-state index is 8.96. The average molecular weight is 187 g/mol. The van der Waals surface area contributed by atoms with Gasteiger partial charge in [-0.05, 0) is 19.4 Å². The van der Waals surface area contributed by atoms with Gasteiger partial charge in [0.1, 0.15) is 6.23 Å². The topological polar surface area (TPSA) is 32.7 Å². The molecule has 13 heavy (non-hydrogen) atoms. The summed E-state index contributed by atoms with van der Waals surface area (Å²) in [5, 5.41) is 8.96. The van der Waals surface area contributed by atoms with Gasteiger partial charge >= 0.3 is 0 Å². The molecule has 0 aliphatic carbocycles. The van der Waals surface area contributed by atoms with Gasteiger partial charge in [0.2, 0.25) is 0 Å². The number of hydrogen-bond donors (Lipinski definition) is 1. The lowest BCUT2D eigenvalue weighted by molar-refractivity contribution is -0.0437. The normalized spacial score (nSPS) is 32.3. The molecule has 0 aromatic rings. The Morgan fingerprint density at radius 3 is 2.77 bits per heavy atom. The zero-order valence-corrected chi connectivity index (χ0v) is 8.86. The Balaban J connectivity index is 2.41. The minimum atomic E-state index is 0.0225. The third-order valence-corrected chi connectivity index (χ3v) is 2.69. The van der Waals surface area contributed by atoms with Crippen LogP contribution in [0.3, 0.4) is 0 Å². The first-order valence-corrected chi connectivity index (χ1v) is 5.15. The van der Waals surface area contributed by atoms with Crippen LogP contribution in [0.4, 0.5) is 0 Å². The predicted molar refractivity (Wildman–Crippen MR) is 52.4 cm³/mol. The van der Waals surface area contributed by atoms with Crippen LogP contribution in [0, 0.1) is 5.92 Å². The minimum absolute atomic E-state index is 0.0225. The van der Waals surface area contributed by atoms with E-state index in [1.807, 2.05) is 0 Å². The van der Waals surface area contributed by atoms with E-state index in [9.17, 15) is 0 Å². The first-order valence-electron chi connectivity index (χ1n) is 5.15. The van der Waals surface area contributed by atoms with Crippen LogP contribution in [-0.2, 0) is 4.74 Å². The number of likely N-dealkylation sites (N-methyl/N-ethyl adjacent to an activating group) is 1. The van der Waals surface area contributed by atoms with Gasteiger partial charge in [-0.15, -0.1) is 0 Å². The molecule has 0 aromatic carbocycles. The second kappa shape index (κ2) is 4.94. The summed E-state index contributed by atoms with van der Waals surface area (Å²) in [6.07, 6.45) is 2.61. The summed E-state index contributed by atoms with van der Waals surface area (Å²) in [7, 11) is 2.06. The molecule has 1 N–H and O–H groups in total. The van der Waals surface area contributed by atoms with Crippen molar-refractivity contribution in [2.45, 2.75) is 39.0 Å². The molecular formula is C10H21NO2. The van der Waals surface area contributed by atoms with E-state index in [0.29, 0.717) is 5.92 Å². The molecule has 1 fully saturated rings. The van der Waals surface area contributed by atoms with E-state index in [4.69, 9.17) is 9.84 Å². The zero-order valence-electron chi connectivity index (χ0n) is 8.86. The number of nitrogens with zero attached hydrogens (tertiary/aromatic N) is 1. The first-order chi connectivity index (χ1) is 6.19. The highest BCUT2D eigenvalue weighted by Crippen LogP contribution is 2.23. The Hall–Kier alpha value is -0.120. The van der Waals surface area contributed by atoms with Crippen LogP contribution in [0.1, 0.15) is 26.7 Å². The third kappa shape index (κ3) is 2.66. The third-order valence-electron chi connectivity index (χ3n) is 2.69. The monoisotopic (exact) mass is 187 g/mol. The van der Waals surface area contributed by atoms with Gasteiger partial charge in [-0.3, -0.25) is 4.90 Å². The standard InChI is InChI=1S/C10H21NO2/c1-4-5-8(2)10-11(3)6-9(7-12)13-10/h8-10,12H,4-7H2,1-3H3. The van der Waals surface area contributed by atoms with Crippen LogP contribution in [0.2, 0.25) is 0 Å². The zero-order chi connectivity index (χ0) is 9.84. The molecular weight excluding hydrogens is 166 g/mol. The minimum Gasteiger partial charge on any atom is -0.394 e. The van der Waals surface area contributed by atoms with Crippen molar-refractivity contribution in [2.24, 2.45) is 5.92 Å². The molecule has 0 saturated carbocycles. The molecule has 1 heterocycles. The summed E-state index contributed by atoms with van der Waals surface area (Å²) in [6, 6.07) is 0. The van der Waals surface area contributed by atoms with Gasteiger partial charge in [0, 0.05) is 6.54 Å². The van der Waals surface area contributed by atoms with Crippen molar-refractivity contribution in [3.8, 4) is 0 Å². The lowest BCUT2D eigenvalue weighted by Crippen LogP contribution is -2.31. The molecule has 3 atom stereocenters. The van der Waals surface area contributed by atoms with Gasteiger partial charge in [0.25, 0.3) is 0 Å². The molecule has 78 valence electrons. The van der Waals surface area contributed by atoms with E-state index in [1.54, 1.807) is 0 Å². The molecule has 1 saturated heterocycles. The van der Waals surface area contributed by atoms with Crippen LogP contribution in [0.25, 0.3) is 0 Å². The first kappa shape index (κ1) is 11.0. The van der Waals surface area contributed by atoms with E-state index in [-0.39, 0.29) is 18.9 Å². The fourth-order valence-electron chi connectivity index (χ4n) is 2.04. The van der Waals surface area contributed by atoms with E-state index < -0.39 is 0 Å². The van der Waals surface area contributed by atoms with Crippen LogP contribution < -0.4 is 0 Å². The van der Waals surface area contributed by atoms with E-state index in [1.165, 1.54) is 12.8 Å². The molecule has 1 rings (SSSR count). The summed E-state index contributed by atoms with van der Waals surface area (Å²) >= 11 is 0. The van der Waals surface area contributed by atoms with Gasteiger partial charge in [0.15, 0.2) is 0 Å². The van der Waals surface area contributed by atoms with Crippen molar-refractivity contribution in [1.82, 2.24) is 4.90 Å². The molecule has 0 amide bonds. The second-order valence-electron chi connectivity index (χ2n) is 4.04. The van der Waals surface area contributed by atoms with E-state index >= 15 is 0 Å². The Bertz CT molecular complexity index is 152. The maximum Gasteiger partial charge on any atom is 0.113 e. The molecule has 3 heteroatoms. The van der Waals surface area contributed by atoms with E-state index in [0.717, 1.165) is 6.54 Å². The van der Waals surface area contributed by atoms with Crippen LogP contribution in [0.5, 0.6) is 0 Å². The maximum atomic E-state index is 8.96. The van der Waals surface area contributed by atoms with Gasteiger partial charge in [-0.25, -0.2) is 0 Å². The summed E-state index contributed by atoms with van der Waals surface area (Å²) < 4.78 is 5.71. The van der Waals surface area contributed by atoms with Crippen molar-refractivity contribution < 1.29 is 9.84 Å². The second-order valence-corrected chi connectivity index (χ2v) is 4.04. The van der Waals surface area contributed by atoms with Crippen molar-refractivity contribution in [2.75, 3.05) is 20.2 Å². The Morgan fingerprint density at radius 2 is 2.31 bits per heavy atom. The average Bonchev–Trinajstić information content (AvgIpc) is 2.47. The van der Waals surface area contributed by atoms with Crippen molar-refractivity contribution in [1.29, 1.82) is 0 Å². The molecule has 0 spiro atoms. The molecule has 3 nitrogen and oxygen atoms in total. The summed E-state index contributed by atoms with van der Waals surface area (Å²) in [4.78, 5) is 2.20. The predicted octanol–water partition coefficient (Wildman–Crippen LogP) is 1.07. The summed E-state index contributed by atoms with van der Waals surface area (Å²) in [6.45, 7) is 5.40. The van der Waals surface area contributed by atoms with Crippen LogP contribution >= 0.6 is 0 Å². The molecule has 0 aromatic heterocycles. The van der Waals surface area contributed by atoms with Crippen molar-refractivity contribution in [3.05, 3.63) is 0 Å². The number of aliphatic hydroxyl groups is 1. The highest BCUT2D eigenvalue weighted by Gasteiger charge is 2.32. The number of hydrogen-bond acceptors (Lipinski definition) is 3. The van der Waals surface area contributed by atoms with Gasteiger partial charge in [-0.1, -0.05) is 20.3 Å². The smallest absolute Gasteiger partial charge is 0.113 e. The quantitative estimate of drug-likeness (QED) is 0.714. The number of aliphatic hydroxyl groups excluding tert-OH is 1. The van der Waals surface area contributed by atoms with Crippen molar-refractivity contribution in [3.63, 3.8) is 0 Å². The highest BCUT2D eigenvalue weighted by molar-refractivity contribution is 4.77. The van der Waals surface area contributed by atoms with Crippen LogP contribution in [0.15, 0.2) is 0 Å². The molecule has 0 radical (unpaired) electrons. The largest absolute Gasteiger partial charge is 0.394 e. The Morgan fingerprint density at radius 1 is 1.62 bits per heavy atom. The Kier molecular flexibility index (Phi) is 4.16. The number of ether oxygens (including phenoxy) is 1. The summed E-state index contributed by atoms with van der Waals surface area (Å²) in [5.41, 5.74) is 0. The lowest BCUT2D eigenvalue weighted by atomic mass is 10.0.